The third-order valence-electron chi connectivity index (χ3n) is 2.74. The van der Waals surface area contributed by atoms with Gasteiger partial charge < -0.3 is 9.67 Å². The highest BCUT2D eigenvalue weighted by Gasteiger charge is 2.15. The first-order valence-corrected chi connectivity index (χ1v) is 5.40. The number of pyridine rings is 1. The molecule has 0 bridgehead atoms. The maximum Gasteiger partial charge on any atom is 0.341 e. The number of imidazole rings is 1. The molecule has 6 nitrogen and oxygen atoms in total. The Hall–Kier alpha value is -2.63. The van der Waals surface area contributed by atoms with Crippen LogP contribution in [0.2, 0.25) is 0 Å². The topological polar surface area (TPSA) is 72.4 Å². The molecule has 0 saturated heterocycles. The van der Waals surface area contributed by atoms with Crippen LogP contribution in [0.3, 0.4) is 0 Å². The highest BCUT2D eigenvalue weighted by molar-refractivity contribution is 5.94. The Bertz CT molecular complexity index is 699. The molecule has 0 aliphatic rings. The minimum absolute atomic E-state index is 0.198. The second-order valence-corrected chi connectivity index (χ2v) is 3.92. The van der Waals surface area contributed by atoms with Crippen molar-refractivity contribution < 1.29 is 9.90 Å². The average molecular weight is 242 g/mol. The molecule has 90 valence electrons. The van der Waals surface area contributed by atoms with Gasteiger partial charge in [0.25, 0.3) is 0 Å². The first-order chi connectivity index (χ1) is 8.75. The van der Waals surface area contributed by atoms with Crippen molar-refractivity contribution in [3.05, 3.63) is 54.2 Å². The van der Waals surface area contributed by atoms with Crippen LogP contribution in [0, 0.1) is 0 Å². The fourth-order valence-corrected chi connectivity index (χ4v) is 1.93. The van der Waals surface area contributed by atoms with Gasteiger partial charge in [0.05, 0.1) is 12.7 Å². The van der Waals surface area contributed by atoms with Crippen molar-refractivity contribution >= 4 is 11.6 Å². The van der Waals surface area contributed by atoms with E-state index in [0.29, 0.717) is 12.2 Å². The molecule has 3 rings (SSSR count). The van der Waals surface area contributed by atoms with Crippen molar-refractivity contribution in [2.75, 3.05) is 0 Å². The smallest absolute Gasteiger partial charge is 0.341 e. The molecule has 0 amide bonds. The zero-order valence-corrected chi connectivity index (χ0v) is 9.39. The molecule has 3 heterocycles. The van der Waals surface area contributed by atoms with Gasteiger partial charge >= 0.3 is 5.97 Å². The number of hydrogen-bond donors (Lipinski definition) is 1. The Labute approximate surface area is 102 Å². The Morgan fingerprint density at radius 1 is 1.33 bits per heavy atom. The van der Waals surface area contributed by atoms with Crippen LogP contribution in [-0.4, -0.2) is 30.2 Å². The Morgan fingerprint density at radius 2 is 2.22 bits per heavy atom. The largest absolute Gasteiger partial charge is 0.477 e. The van der Waals surface area contributed by atoms with Gasteiger partial charge in [-0.05, 0) is 11.6 Å². The van der Waals surface area contributed by atoms with Crippen LogP contribution < -0.4 is 0 Å². The molecule has 18 heavy (non-hydrogen) atoms. The highest BCUT2D eigenvalue weighted by Crippen LogP contribution is 2.13. The zero-order chi connectivity index (χ0) is 12.5. The van der Waals surface area contributed by atoms with Gasteiger partial charge in [0.1, 0.15) is 5.56 Å². The SMILES string of the molecule is O=C(O)c1cnn2ccn(Cc3cccnc3)c12. The Kier molecular flexibility index (Phi) is 2.33. The number of rotatable bonds is 3. The van der Waals surface area contributed by atoms with Crippen molar-refractivity contribution in [1.29, 1.82) is 0 Å². The lowest BCUT2D eigenvalue weighted by atomic mass is 10.3. The van der Waals surface area contributed by atoms with Gasteiger partial charge in [0, 0.05) is 24.8 Å². The summed E-state index contributed by atoms with van der Waals surface area (Å²) in [6.45, 7) is 0.566. The molecule has 0 aliphatic carbocycles. The molecule has 3 aromatic rings. The van der Waals surface area contributed by atoms with Crippen LogP contribution in [0.5, 0.6) is 0 Å². The number of aromatic nitrogens is 4. The average Bonchev–Trinajstić information content (AvgIpc) is 2.93. The van der Waals surface area contributed by atoms with Gasteiger partial charge in [-0.2, -0.15) is 5.10 Å². The van der Waals surface area contributed by atoms with Gasteiger partial charge in [-0.3, -0.25) is 4.98 Å². The lowest BCUT2D eigenvalue weighted by Crippen LogP contribution is -2.03. The van der Waals surface area contributed by atoms with Crippen molar-refractivity contribution in [2.24, 2.45) is 0 Å². The third-order valence-corrected chi connectivity index (χ3v) is 2.74. The van der Waals surface area contributed by atoms with Crippen molar-refractivity contribution in [1.82, 2.24) is 19.2 Å². The summed E-state index contributed by atoms with van der Waals surface area (Å²) < 4.78 is 3.40. The van der Waals surface area contributed by atoms with Crippen molar-refractivity contribution in [2.45, 2.75) is 6.54 Å². The minimum atomic E-state index is -0.976. The van der Waals surface area contributed by atoms with E-state index in [9.17, 15) is 4.79 Å². The number of aromatic carboxylic acids is 1. The molecular weight excluding hydrogens is 232 g/mol. The molecule has 0 spiro atoms. The lowest BCUT2D eigenvalue weighted by Gasteiger charge is -2.03. The minimum Gasteiger partial charge on any atom is -0.477 e. The summed E-state index contributed by atoms with van der Waals surface area (Å²) in [6, 6.07) is 3.80. The van der Waals surface area contributed by atoms with Crippen LogP contribution in [0.15, 0.2) is 43.1 Å². The maximum absolute atomic E-state index is 11.1. The molecule has 3 aromatic heterocycles. The predicted molar refractivity (Wildman–Crippen MR) is 63.5 cm³/mol. The number of carboxylic acids is 1. The summed E-state index contributed by atoms with van der Waals surface area (Å²) in [5.74, 6) is -0.976. The molecule has 0 fully saturated rings. The molecule has 0 atom stereocenters. The summed E-state index contributed by atoms with van der Waals surface area (Å²) in [6.07, 6.45) is 8.36. The van der Waals surface area contributed by atoms with E-state index in [0.717, 1.165) is 5.56 Å². The van der Waals surface area contributed by atoms with E-state index in [-0.39, 0.29) is 5.56 Å². The van der Waals surface area contributed by atoms with Crippen LogP contribution in [0.1, 0.15) is 15.9 Å². The van der Waals surface area contributed by atoms with E-state index in [1.54, 1.807) is 23.1 Å². The number of fused-ring (bicyclic) bond motifs is 1. The van der Waals surface area contributed by atoms with Crippen LogP contribution in [0.4, 0.5) is 0 Å². The van der Waals surface area contributed by atoms with Gasteiger partial charge in [0.2, 0.25) is 0 Å². The first-order valence-electron chi connectivity index (χ1n) is 5.40. The van der Waals surface area contributed by atoms with E-state index in [4.69, 9.17) is 5.11 Å². The van der Waals surface area contributed by atoms with Crippen LogP contribution in [-0.2, 0) is 6.54 Å². The molecular formula is C12H10N4O2. The second-order valence-electron chi connectivity index (χ2n) is 3.92. The Balaban J connectivity index is 2.07. The summed E-state index contributed by atoms with van der Waals surface area (Å²) in [5, 5.41) is 13.1. The van der Waals surface area contributed by atoms with E-state index in [1.165, 1.54) is 6.20 Å². The molecule has 0 aliphatic heterocycles. The van der Waals surface area contributed by atoms with Gasteiger partial charge in [0.15, 0.2) is 5.65 Å². The first kappa shape index (κ1) is 10.5. The number of nitrogens with zero attached hydrogens (tertiary/aromatic N) is 4. The molecule has 0 unspecified atom stereocenters. The summed E-state index contributed by atoms with van der Waals surface area (Å²) in [7, 11) is 0. The molecule has 0 radical (unpaired) electrons. The van der Waals surface area contributed by atoms with Gasteiger partial charge in [-0.1, -0.05) is 6.07 Å². The number of carboxylic acid groups (broad SMARTS) is 1. The fourth-order valence-electron chi connectivity index (χ4n) is 1.93. The molecule has 1 N–H and O–H groups in total. The van der Waals surface area contributed by atoms with Crippen molar-refractivity contribution in [3.63, 3.8) is 0 Å². The summed E-state index contributed by atoms with van der Waals surface area (Å²) >= 11 is 0. The quantitative estimate of drug-likeness (QED) is 0.750. The van der Waals surface area contributed by atoms with Crippen molar-refractivity contribution in [3.8, 4) is 0 Å². The number of hydrogen-bond acceptors (Lipinski definition) is 3. The van der Waals surface area contributed by atoms with Gasteiger partial charge in [-0.15, -0.1) is 0 Å². The van der Waals surface area contributed by atoms with E-state index in [2.05, 4.69) is 10.1 Å². The molecule has 0 saturated carbocycles. The predicted octanol–water partition coefficient (Wildman–Crippen LogP) is 1.28. The summed E-state index contributed by atoms with van der Waals surface area (Å²) in [4.78, 5) is 15.1. The third kappa shape index (κ3) is 1.64. The Morgan fingerprint density at radius 3 is 2.94 bits per heavy atom. The number of carbonyl (C=O) groups is 1. The molecule has 6 heteroatoms. The van der Waals surface area contributed by atoms with Gasteiger partial charge in [-0.25, -0.2) is 9.31 Å². The van der Waals surface area contributed by atoms with Crippen LogP contribution >= 0.6 is 0 Å². The zero-order valence-electron chi connectivity index (χ0n) is 9.39. The lowest BCUT2D eigenvalue weighted by molar-refractivity contribution is 0.0698. The second kappa shape index (κ2) is 3.99. The molecule has 0 aromatic carbocycles. The fraction of sp³-hybridized carbons (Fsp3) is 0.0833. The van der Waals surface area contributed by atoms with E-state index < -0.39 is 5.97 Å². The highest BCUT2D eigenvalue weighted by atomic mass is 16.4. The van der Waals surface area contributed by atoms with E-state index >= 15 is 0 Å². The normalized spacial score (nSPS) is 10.9. The van der Waals surface area contributed by atoms with Crippen LogP contribution in [0.25, 0.3) is 5.65 Å². The standard InChI is InChI=1S/C12H10N4O2/c17-12(18)10-7-14-16-5-4-15(11(10)16)8-9-2-1-3-13-6-9/h1-7H,8H2,(H,17,18). The monoisotopic (exact) mass is 242 g/mol. The maximum atomic E-state index is 11.1. The summed E-state index contributed by atoms with van der Waals surface area (Å²) in [5.41, 5.74) is 1.78. The van der Waals surface area contributed by atoms with E-state index in [1.807, 2.05) is 22.9 Å².